The fourth-order valence-corrected chi connectivity index (χ4v) is 3.26. The van der Waals surface area contributed by atoms with E-state index in [0.29, 0.717) is 12.2 Å². The standard InChI is InChI=1S/C21H22N2O2/c1-3-20(24)22-19-11-7-6-9-17(19)13-21(25)23-14-18-10-5-4-8-16(18)12-15(23)2/h3-11,15H,1,12-14H2,2H3,(H,22,24). The van der Waals surface area contributed by atoms with Gasteiger partial charge in [-0.2, -0.15) is 0 Å². The molecule has 0 radical (unpaired) electrons. The summed E-state index contributed by atoms with van der Waals surface area (Å²) in [7, 11) is 0. The molecule has 4 heteroatoms. The molecule has 4 nitrogen and oxygen atoms in total. The van der Waals surface area contributed by atoms with Gasteiger partial charge < -0.3 is 10.2 Å². The lowest BCUT2D eigenvalue weighted by atomic mass is 9.94. The number of nitrogens with one attached hydrogen (secondary N) is 1. The molecule has 0 saturated carbocycles. The lowest BCUT2D eigenvalue weighted by molar-refractivity contribution is -0.133. The Balaban J connectivity index is 1.77. The SMILES string of the molecule is C=CC(=O)Nc1ccccc1CC(=O)N1Cc2ccccc2CC1C. The van der Waals surface area contributed by atoms with E-state index >= 15 is 0 Å². The molecule has 1 aliphatic rings. The van der Waals surface area contributed by atoms with Gasteiger partial charge in [0.15, 0.2) is 0 Å². The largest absolute Gasteiger partial charge is 0.335 e. The van der Waals surface area contributed by atoms with E-state index in [9.17, 15) is 9.59 Å². The van der Waals surface area contributed by atoms with E-state index in [0.717, 1.165) is 12.0 Å². The molecular weight excluding hydrogens is 312 g/mol. The highest BCUT2D eigenvalue weighted by molar-refractivity contribution is 5.99. The van der Waals surface area contributed by atoms with Crippen LogP contribution in [0.1, 0.15) is 23.6 Å². The second kappa shape index (κ2) is 7.34. The van der Waals surface area contributed by atoms with Gasteiger partial charge in [-0.15, -0.1) is 0 Å². The second-order valence-corrected chi connectivity index (χ2v) is 6.37. The van der Waals surface area contributed by atoms with E-state index in [1.807, 2.05) is 35.2 Å². The Morgan fingerprint density at radius 1 is 1.16 bits per heavy atom. The van der Waals surface area contributed by atoms with E-state index in [1.54, 1.807) is 6.07 Å². The number of amides is 2. The molecule has 1 unspecified atom stereocenters. The molecule has 128 valence electrons. The van der Waals surface area contributed by atoms with Crippen LogP contribution in [0, 0.1) is 0 Å². The topological polar surface area (TPSA) is 49.4 Å². The van der Waals surface area contributed by atoms with Crippen molar-refractivity contribution in [3.8, 4) is 0 Å². The number of carbonyl (C=O) groups is 2. The highest BCUT2D eigenvalue weighted by Crippen LogP contribution is 2.25. The quantitative estimate of drug-likeness (QED) is 0.872. The molecule has 0 spiro atoms. The van der Waals surface area contributed by atoms with Crippen LogP contribution in [-0.2, 0) is 29.0 Å². The zero-order chi connectivity index (χ0) is 17.8. The van der Waals surface area contributed by atoms with Crippen molar-refractivity contribution >= 4 is 17.5 Å². The van der Waals surface area contributed by atoms with Crippen molar-refractivity contribution in [2.75, 3.05) is 5.32 Å². The minimum atomic E-state index is -0.278. The van der Waals surface area contributed by atoms with Gasteiger partial charge in [0.05, 0.1) is 6.42 Å². The van der Waals surface area contributed by atoms with Gasteiger partial charge in [-0.25, -0.2) is 0 Å². The van der Waals surface area contributed by atoms with Crippen LogP contribution >= 0.6 is 0 Å². The van der Waals surface area contributed by atoms with Crippen molar-refractivity contribution in [2.45, 2.75) is 32.4 Å². The van der Waals surface area contributed by atoms with E-state index in [1.165, 1.54) is 17.2 Å². The van der Waals surface area contributed by atoms with Gasteiger partial charge in [0.1, 0.15) is 0 Å². The maximum absolute atomic E-state index is 12.9. The van der Waals surface area contributed by atoms with Gasteiger partial charge >= 0.3 is 0 Å². The van der Waals surface area contributed by atoms with Crippen molar-refractivity contribution in [2.24, 2.45) is 0 Å². The monoisotopic (exact) mass is 334 g/mol. The van der Waals surface area contributed by atoms with Crippen molar-refractivity contribution in [1.82, 2.24) is 4.90 Å². The molecule has 2 amide bonds. The minimum absolute atomic E-state index is 0.0716. The fraction of sp³-hybridized carbons (Fsp3) is 0.238. The van der Waals surface area contributed by atoms with Crippen molar-refractivity contribution in [1.29, 1.82) is 0 Å². The van der Waals surface area contributed by atoms with Crippen LogP contribution < -0.4 is 5.32 Å². The molecule has 25 heavy (non-hydrogen) atoms. The third kappa shape index (κ3) is 3.79. The molecular formula is C21H22N2O2. The lowest BCUT2D eigenvalue weighted by Crippen LogP contribution is -2.43. The number of hydrogen-bond acceptors (Lipinski definition) is 2. The first kappa shape index (κ1) is 17.0. The minimum Gasteiger partial charge on any atom is -0.335 e. The Labute approximate surface area is 148 Å². The zero-order valence-corrected chi connectivity index (χ0v) is 14.4. The normalized spacial score (nSPS) is 16.0. The Kier molecular flexibility index (Phi) is 4.98. The molecule has 2 aromatic carbocycles. The third-order valence-electron chi connectivity index (χ3n) is 4.63. The summed E-state index contributed by atoms with van der Waals surface area (Å²) in [6.07, 6.45) is 2.36. The predicted octanol–water partition coefficient (Wildman–Crippen LogP) is 3.33. The summed E-state index contributed by atoms with van der Waals surface area (Å²) in [5.41, 5.74) is 4.00. The third-order valence-corrected chi connectivity index (χ3v) is 4.63. The summed E-state index contributed by atoms with van der Waals surface area (Å²) >= 11 is 0. The van der Waals surface area contributed by atoms with Gasteiger partial charge in [0.25, 0.3) is 0 Å². The molecule has 0 aliphatic carbocycles. The summed E-state index contributed by atoms with van der Waals surface area (Å²) in [4.78, 5) is 26.4. The maximum Gasteiger partial charge on any atom is 0.247 e. The average Bonchev–Trinajstić information content (AvgIpc) is 2.62. The van der Waals surface area contributed by atoms with Crippen LogP contribution in [0.3, 0.4) is 0 Å². The number of carbonyl (C=O) groups excluding carboxylic acids is 2. The molecule has 1 atom stereocenters. The first-order valence-electron chi connectivity index (χ1n) is 8.46. The molecule has 0 fully saturated rings. The van der Waals surface area contributed by atoms with Crippen LogP contribution in [0.15, 0.2) is 61.2 Å². The second-order valence-electron chi connectivity index (χ2n) is 6.37. The number of nitrogens with zero attached hydrogens (tertiary/aromatic N) is 1. The summed E-state index contributed by atoms with van der Waals surface area (Å²) < 4.78 is 0. The summed E-state index contributed by atoms with van der Waals surface area (Å²) in [5, 5.41) is 2.77. The van der Waals surface area contributed by atoms with E-state index in [2.05, 4.69) is 31.0 Å². The van der Waals surface area contributed by atoms with Crippen LogP contribution in [0.2, 0.25) is 0 Å². The Bertz CT molecular complexity index is 813. The molecule has 1 aliphatic heterocycles. The van der Waals surface area contributed by atoms with Crippen LogP contribution in [0.25, 0.3) is 0 Å². The van der Waals surface area contributed by atoms with E-state index in [-0.39, 0.29) is 24.3 Å². The van der Waals surface area contributed by atoms with E-state index in [4.69, 9.17) is 0 Å². The van der Waals surface area contributed by atoms with Gasteiger partial charge in [0, 0.05) is 18.3 Å². The van der Waals surface area contributed by atoms with Gasteiger partial charge in [-0.1, -0.05) is 49.0 Å². The predicted molar refractivity (Wildman–Crippen MR) is 99.1 cm³/mol. The highest BCUT2D eigenvalue weighted by atomic mass is 16.2. The Morgan fingerprint density at radius 2 is 1.84 bits per heavy atom. The van der Waals surface area contributed by atoms with Crippen molar-refractivity contribution in [3.63, 3.8) is 0 Å². The van der Waals surface area contributed by atoms with Crippen LogP contribution in [-0.4, -0.2) is 22.8 Å². The highest BCUT2D eigenvalue weighted by Gasteiger charge is 2.26. The first-order valence-corrected chi connectivity index (χ1v) is 8.46. The maximum atomic E-state index is 12.9. The van der Waals surface area contributed by atoms with Gasteiger partial charge in [0.2, 0.25) is 11.8 Å². The average molecular weight is 334 g/mol. The molecule has 1 heterocycles. The lowest BCUT2D eigenvalue weighted by Gasteiger charge is -2.35. The van der Waals surface area contributed by atoms with E-state index < -0.39 is 0 Å². The van der Waals surface area contributed by atoms with Gasteiger partial charge in [-0.05, 0) is 42.2 Å². The van der Waals surface area contributed by atoms with Crippen molar-refractivity contribution in [3.05, 3.63) is 77.9 Å². The number of anilines is 1. The molecule has 3 rings (SSSR count). The number of fused-ring (bicyclic) bond motifs is 1. The van der Waals surface area contributed by atoms with Crippen LogP contribution in [0.4, 0.5) is 5.69 Å². The Hall–Kier alpha value is -2.88. The molecule has 0 bridgehead atoms. The summed E-state index contributed by atoms with van der Waals surface area (Å²) in [5.74, 6) is -0.206. The van der Waals surface area contributed by atoms with Gasteiger partial charge in [-0.3, -0.25) is 9.59 Å². The fourth-order valence-electron chi connectivity index (χ4n) is 3.26. The molecule has 0 aromatic heterocycles. The number of benzene rings is 2. The number of rotatable bonds is 4. The number of para-hydroxylation sites is 1. The van der Waals surface area contributed by atoms with Crippen molar-refractivity contribution < 1.29 is 9.59 Å². The molecule has 0 saturated heterocycles. The molecule has 2 aromatic rings. The smallest absolute Gasteiger partial charge is 0.247 e. The Morgan fingerprint density at radius 3 is 2.60 bits per heavy atom. The first-order chi connectivity index (χ1) is 12.1. The molecule has 1 N–H and O–H groups in total. The summed E-state index contributed by atoms with van der Waals surface area (Å²) in [6.45, 7) is 6.18. The van der Waals surface area contributed by atoms with Crippen LogP contribution in [0.5, 0.6) is 0 Å². The number of hydrogen-bond donors (Lipinski definition) is 1. The zero-order valence-electron chi connectivity index (χ0n) is 14.4. The summed E-state index contributed by atoms with van der Waals surface area (Å²) in [6, 6.07) is 15.8.